The third kappa shape index (κ3) is 4.08. The van der Waals surface area contributed by atoms with Crippen LogP contribution < -0.4 is 10.6 Å². The van der Waals surface area contributed by atoms with Crippen LogP contribution in [0.4, 0.5) is 5.69 Å². The van der Waals surface area contributed by atoms with E-state index >= 15 is 0 Å². The Morgan fingerprint density at radius 2 is 2.39 bits per heavy atom. The van der Waals surface area contributed by atoms with Gasteiger partial charge < -0.3 is 15.4 Å². The van der Waals surface area contributed by atoms with Crippen molar-refractivity contribution in [1.29, 1.82) is 0 Å². The first-order valence-corrected chi connectivity index (χ1v) is 6.82. The number of amides is 1. The van der Waals surface area contributed by atoms with E-state index in [0.29, 0.717) is 13.0 Å². The highest BCUT2D eigenvalue weighted by atomic mass is 79.9. The maximum absolute atomic E-state index is 11.9. The maximum atomic E-state index is 11.9. The second-order valence-electron chi connectivity index (χ2n) is 4.47. The van der Waals surface area contributed by atoms with Crippen LogP contribution in [0.15, 0.2) is 22.7 Å². The first-order chi connectivity index (χ1) is 8.63. The number of hydrogen-bond donors (Lipinski definition) is 2. The Morgan fingerprint density at radius 3 is 3.06 bits per heavy atom. The molecule has 0 aromatic heterocycles. The van der Waals surface area contributed by atoms with Crippen molar-refractivity contribution >= 4 is 27.5 Å². The normalized spacial score (nSPS) is 19.6. The Labute approximate surface area is 115 Å². The molecule has 1 aliphatic heterocycles. The van der Waals surface area contributed by atoms with E-state index in [1.165, 1.54) is 0 Å². The summed E-state index contributed by atoms with van der Waals surface area (Å²) in [5.74, 6) is -0.0128. The van der Waals surface area contributed by atoms with Gasteiger partial charge in [0.1, 0.15) is 0 Å². The van der Waals surface area contributed by atoms with Gasteiger partial charge in [-0.25, -0.2) is 0 Å². The molecular weight excluding hydrogens is 296 g/mol. The minimum atomic E-state index is -0.0213. The van der Waals surface area contributed by atoms with Gasteiger partial charge in [-0.05, 0) is 30.7 Å². The summed E-state index contributed by atoms with van der Waals surface area (Å²) < 4.78 is 6.47. The number of benzene rings is 1. The summed E-state index contributed by atoms with van der Waals surface area (Å²) in [6, 6.07) is 5.84. The number of rotatable bonds is 3. The van der Waals surface area contributed by atoms with Crippen LogP contribution in [0.3, 0.4) is 0 Å². The van der Waals surface area contributed by atoms with Gasteiger partial charge in [-0.15, -0.1) is 0 Å². The van der Waals surface area contributed by atoms with Gasteiger partial charge in [0.2, 0.25) is 5.91 Å². The van der Waals surface area contributed by atoms with Gasteiger partial charge >= 0.3 is 0 Å². The zero-order valence-corrected chi connectivity index (χ0v) is 11.9. The molecule has 0 spiro atoms. The summed E-state index contributed by atoms with van der Waals surface area (Å²) in [5.41, 5.74) is 1.92. The fraction of sp³-hybridized carbons (Fsp3) is 0.462. The summed E-state index contributed by atoms with van der Waals surface area (Å²) in [4.78, 5) is 11.9. The quantitative estimate of drug-likeness (QED) is 0.898. The predicted octanol–water partition coefficient (Wildman–Crippen LogP) is 2.07. The largest absolute Gasteiger partial charge is 0.375 e. The molecule has 1 amide bonds. The van der Waals surface area contributed by atoms with E-state index in [9.17, 15) is 4.79 Å². The summed E-state index contributed by atoms with van der Waals surface area (Å²) in [5, 5.41) is 6.10. The number of carbonyl (C=O) groups is 1. The number of hydrogen-bond acceptors (Lipinski definition) is 3. The standard InChI is InChI=1S/C13H17BrN2O2/c1-9-4-10(14)6-11(5-9)16-13(17)7-12-8-15-2-3-18-12/h4-6,12,15H,2-3,7-8H2,1H3,(H,16,17). The number of aryl methyl sites for hydroxylation is 1. The minimum absolute atomic E-state index is 0.0128. The average molecular weight is 313 g/mol. The number of nitrogens with one attached hydrogen (secondary N) is 2. The van der Waals surface area contributed by atoms with Gasteiger partial charge in [0, 0.05) is 23.2 Å². The molecule has 98 valence electrons. The molecule has 1 unspecified atom stereocenters. The van der Waals surface area contributed by atoms with E-state index in [1.54, 1.807) is 0 Å². The molecule has 2 rings (SSSR count). The van der Waals surface area contributed by atoms with Gasteiger partial charge in [0.05, 0.1) is 19.1 Å². The molecule has 18 heavy (non-hydrogen) atoms. The summed E-state index contributed by atoms with van der Waals surface area (Å²) in [6.07, 6.45) is 0.366. The lowest BCUT2D eigenvalue weighted by Crippen LogP contribution is -2.40. The van der Waals surface area contributed by atoms with Crippen molar-refractivity contribution < 1.29 is 9.53 Å². The number of ether oxygens (including phenoxy) is 1. The highest BCUT2D eigenvalue weighted by Gasteiger charge is 2.17. The Bertz CT molecular complexity index is 411. The van der Waals surface area contributed by atoms with E-state index in [4.69, 9.17) is 4.74 Å². The summed E-state index contributed by atoms with van der Waals surface area (Å²) in [6.45, 7) is 4.27. The number of halogens is 1. The van der Waals surface area contributed by atoms with E-state index in [-0.39, 0.29) is 12.0 Å². The van der Waals surface area contributed by atoms with Gasteiger partial charge in [0.15, 0.2) is 0 Å². The number of anilines is 1. The number of carbonyl (C=O) groups excluding carboxylic acids is 1. The Hall–Kier alpha value is -0.910. The fourth-order valence-corrected chi connectivity index (χ4v) is 2.59. The lowest BCUT2D eigenvalue weighted by Gasteiger charge is -2.23. The molecule has 4 nitrogen and oxygen atoms in total. The van der Waals surface area contributed by atoms with E-state index in [1.807, 2.05) is 25.1 Å². The highest BCUT2D eigenvalue weighted by molar-refractivity contribution is 9.10. The SMILES string of the molecule is Cc1cc(Br)cc(NC(=O)CC2CNCCO2)c1. The van der Waals surface area contributed by atoms with E-state index in [0.717, 1.165) is 28.8 Å². The van der Waals surface area contributed by atoms with Crippen molar-refractivity contribution in [3.05, 3.63) is 28.2 Å². The number of morpholine rings is 1. The zero-order chi connectivity index (χ0) is 13.0. The Kier molecular flexibility index (Phi) is 4.74. The molecule has 1 aromatic rings. The minimum Gasteiger partial charge on any atom is -0.375 e. The van der Waals surface area contributed by atoms with Crippen molar-refractivity contribution in [2.24, 2.45) is 0 Å². The molecule has 1 heterocycles. The van der Waals surface area contributed by atoms with E-state index in [2.05, 4.69) is 26.6 Å². The fourth-order valence-electron chi connectivity index (χ4n) is 1.98. The van der Waals surface area contributed by atoms with Crippen molar-refractivity contribution in [2.45, 2.75) is 19.4 Å². The second kappa shape index (κ2) is 6.31. The second-order valence-corrected chi connectivity index (χ2v) is 5.38. The van der Waals surface area contributed by atoms with Crippen molar-refractivity contribution in [3.8, 4) is 0 Å². The molecule has 1 aromatic carbocycles. The van der Waals surface area contributed by atoms with Gasteiger partial charge in [0.25, 0.3) is 0 Å². The van der Waals surface area contributed by atoms with Crippen molar-refractivity contribution in [1.82, 2.24) is 5.32 Å². The van der Waals surface area contributed by atoms with Crippen LogP contribution in [-0.2, 0) is 9.53 Å². The van der Waals surface area contributed by atoms with Crippen molar-refractivity contribution in [2.75, 3.05) is 25.0 Å². The lowest BCUT2D eigenvalue weighted by molar-refractivity contribution is -0.119. The molecule has 1 aliphatic rings. The van der Waals surface area contributed by atoms with Gasteiger partial charge in [-0.2, -0.15) is 0 Å². The summed E-state index contributed by atoms with van der Waals surface area (Å²) >= 11 is 3.42. The molecule has 1 atom stereocenters. The maximum Gasteiger partial charge on any atom is 0.227 e. The lowest BCUT2D eigenvalue weighted by atomic mass is 10.2. The van der Waals surface area contributed by atoms with Crippen LogP contribution in [0.1, 0.15) is 12.0 Å². The van der Waals surface area contributed by atoms with Crippen LogP contribution in [0, 0.1) is 6.92 Å². The summed E-state index contributed by atoms with van der Waals surface area (Å²) in [7, 11) is 0. The third-order valence-corrected chi connectivity index (χ3v) is 3.20. The van der Waals surface area contributed by atoms with Crippen LogP contribution in [0.5, 0.6) is 0 Å². The Balaban J connectivity index is 1.89. The molecule has 2 N–H and O–H groups in total. The molecule has 5 heteroatoms. The first kappa shape index (κ1) is 13.5. The molecule has 0 aliphatic carbocycles. The first-order valence-electron chi connectivity index (χ1n) is 6.03. The van der Waals surface area contributed by atoms with Crippen LogP contribution >= 0.6 is 15.9 Å². The smallest absolute Gasteiger partial charge is 0.227 e. The molecule has 1 fully saturated rings. The van der Waals surface area contributed by atoms with Crippen LogP contribution in [0.2, 0.25) is 0 Å². The molecule has 0 radical (unpaired) electrons. The predicted molar refractivity (Wildman–Crippen MR) is 74.7 cm³/mol. The zero-order valence-electron chi connectivity index (χ0n) is 10.3. The van der Waals surface area contributed by atoms with Gasteiger partial charge in [-0.1, -0.05) is 15.9 Å². The molecule has 0 saturated carbocycles. The van der Waals surface area contributed by atoms with Crippen molar-refractivity contribution in [3.63, 3.8) is 0 Å². The van der Waals surface area contributed by atoms with E-state index < -0.39 is 0 Å². The Morgan fingerprint density at radius 1 is 1.56 bits per heavy atom. The van der Waals surface area contributed by atoms with Gasteiger partial charge in [-0.3, -0.25) is 4.79 Å². The molecule has 0 bridgehead atoms. The highest BCUT2D eigenvalue weighted by Crippen LogP contribution is 2.19. The van der Waals surface area contributed by atoms with Crippen LogP contribution in [-0.4, -0.2) is 31.7 Å². The average Bonchev–Trinajstić information content (AvgIpc) is 2.28. The molecule has 1 saturated heterocycles. The monoisotopic (exact) mass is 312 g/mol. The third-order valence-electron chi connectivity index (χ3n) is 2.74. The molecular formula is C13H17BrN2O2. The van der Waals surface area contributed by atoms with Crippen LogP contribution in [0.25, 0.3) is 0 Å². The topological polar surface area (TPSA) is 50.4 Å².